The minimum absolute atomic E-state index is 0.106. The van der Waals surface area contributed by atoms with Gasteiger partial charge in [-0.05, 0) is 37.5 Å². The zero-order valence-electron chi connectivity index (χ0n) is 66.2. The molecule has 0 aliphatic heterocycles. The number of aliphatic hydroxyl groups excluding tert-OH is 1. The second kappa shape index (κ2) is 73.6. The van der Waals surface area contributed by atoms with Crippen LogP contribution in [0.1, 0.15) is 433 Å². The van der Waals surface area contributed by atoms with Gasteiger partial charge in [0.05, 0.1) is 26.4 Å². The summed E-state index contributed by atoms with van der Waals surface area (Å²) in [5, 5.41) is 10.6. The molecule has 0 spiro atoms. The molecule has 0 bridgehead atoms. The van der Waals surface area contributed by atoms with E-state index >= 15 is 0 Å². The van der Waals surface area contributed by atoms with Crippen molar-refractivity contribution in [1.29, 1.82) is 0 Å². The van der Waals surface area contributed by atoms with Crippen molar-refractivity contribution in [3.63, 3.8) is 0 Å². The lowest BCUT2D eigenvalue weighted by Crippen LogP contribution is -2.30. The SMILES string of the molecule is CCCCCCCCCCCCCCCCCCCCCCC(=O)O[C@H](COC(=O)CCCCCCCCCCCCCCCCC(C)C)COP(=O)(O)OC[C@@H](O)COP(=O)(O)OC[C@@H](COC(=O)CCCCCCCCCCCCC)OC(=O)CCCCCCCCCCCCC(C)C. The lowest BCUT2D eigenvalue weighted by molar-refractivity contribution is -0.161. The van der Waals surface area contributed by atoms with Crippen LogP contribution in [-0.4, -0.2) is 96.7 Å². The Kier molecular flexibility index (Phi) is 72.2. The summed E-state index contributed by atoms with van der Waals surface area (Å²) >= 11 is 0. The Morgan fingerprint density at radius 2 is 0.455 bits per heavy atom. The Morgan fingerprint density at radius 1 is 0.267 bits per heavy atom. The van der Waals surface area contributed by atoms with Gasteiger partial charge < -0.3 is 33.8 Å². The fourth-order valence-electron chi connectivity index (χ4n) is 12.7. The maximum absolute atomic E-state index is 13.1. The van der Waals surface area contributed by atoms with Gasteiger partial charge in [-0.3, -0.25) is 37.3 Å². The third-order valence-electron chi connectivity index (χ3n) is 19.2. The molecule has 0 aromatic rings. The zero-order chi connectivity index (χ0) is 74.2. The molecule has 600 valence electrons. The van der Waals surface area contributed by atoms with Gasteiger partial charge in [0.1, 0.15) is 19.3 Å². The number of carbonyl (C=O) groups excluding carboxylic acids is 4. The molecule has 0 rings (SSSR count). The average molecular weight is 1480 g/mol. The monoisotopic (exact) mass is 1480 g/mol. The lowest BCUT2D eigenvalue weighted by atomic mass is 10.0. The van der Waals surface area contributed by atoms with Crippen LogP contribution in [-0.2, 0) is 65.4 Å². The number of aliphatic hydroxyl groups is 1. The number of hydrogen-bond donors (Lipinski definition) is 3. The van der Waals surface area contributed by atoms with E-state index in [2.05, 4.69) is 41.5 Å². The number of ether oxygens (including phenoxy) is 4. The summed E-state index contributed by atoms with van der Waals surface area (Å²) < 4.78 is 68.8. The van der Waals surface area contributed by atoms with E-state index in [9.17, 15) is 43.2 Å². The standard InChI is InChI=1S/C82H160O17P2/c1-7-9-11-13-15-17-19-20-21-22-23-24-25-26-31-35-42-48-54-60-66-81(86)98-77(71-93-80(85)65-59-53-47-41-34-30-28-27-29-33-38-44-50-56-62-74(3)4)72-96-100(88,89)94-68-76(83)69-95-101(90,91)97-73-78(70-92-79(84)64-58-52-46-40-32-18-16-14-12-10-8-2)99-82(87)67-61-55-49-43-37-36-39-45-51-57-63-75(5)6/h74-78,83H,7-73H2,1-6H3,(H,88,89)(H,90,91)/t76-,77-,78-/m1/s1. The van der Waals surface area contributed by atoms with Crippen LogP contribution in [0.15, 0.2) is 0 Å². The highest BCUT2D eigenvalue weighted by atomic mass is 31.2. The van der Waals surface area contributed by atoms with Gasteiger partial charge in [-0.2, -0.15) is 0 Å². The normalized spacial score (nSPS) is 13.9. The highest BCUT2D eigenvalue weighted by Crippen LogP contribution is 2.45. The molecule has 101 heavy (non-hydrogen) atoms. The van der Waals surface area contributed by atoms with Crippen LogP contribution >= 0.6 is 15.6 Å². The molecule has 0 aromatic carbocycles. The fourth-order valence-corrected chi connectivity index (χ4v) is 14.3. The predicted molar refractivity (Wildman–Crippen MR) is 414 cm³/mol. The van der Waals surface area contributed by atoms with E-state index in [-0.39, 0.29) is 25.7 Å². The van der Waals surface area contributed by atoms with Gasteiger partial charge in [0.25, 0.3) is 0 Å². The molecular weight excluding hydrogens is 1320 g/mol. The van der Waals surface area contributed by atoms with E-state index in [1.807, 2.05) is 0 Å². The summed E-state index contributed by atoms with van der Waals surface area (Å²) in [6.07, 6.45) is 63.8. The van der Waals surface area contributed by atoms with Gasteiger partial charge in [-0.25, -0.2) is 9.13 Å². The number of unbranched alkanes of at least 4 members (excludes halogenated alkanes) is 51. The topological polar surface area (TPSA) is 237 Å². The number of rotatable bonds is 81. The van der Waals surface area contributed by atoms with Gasteiger partial charge in [-0.15, -0.1) is 0 Å². The Labute approximate surface area is 619 Å². The van der Waals surface area contributed by atoms with Crippen LogP contribution in [0.2, 0.25) is 0 Å². The molecule has 3 N–H and O–H groups in total. The second-order valence-corrected chi connectivity index (χ2v) is 33.4. The molecule has 17 nitrogen and oxygen atoms in total. The molecule has 19 heteroatoms. The molecule has 5 atom stereocenters. The molecule has 0 saturated heterocycles. The molecule has 0 aromatic heterocycles. The summed E-state index contributed by atoms with van der Waals surface area (Å²) in [6, 6.07) is 0. The van der Waals surface area contributed by atoms with Crippen molar-refractivity contribution in [1.82, 2.24) is 0 Å². The van der Waals surface area contributed by atoms with Crippen LogP contribution in [0.5, 0.6) is 0 Å². The maximum Gasteiger partial charge on any atom is 0.472 e. The van der Waals surface area contributed by atoms with Gasteiger partial charge in [-0.1, -0.05) is 382 Å². The fraction of sp³-hybridized carbons (Fsp3) is 0.951. The van der Waals surface area contributed by atoms with Gasteiger partial charge >= 0.3 is 39.5 Å². The highest BCUT2D eigenvalue weighted by Gasteiger charge is 2.30. The van der Waals surface area contributed by atoms with Crippen molar-refractivity contribution in [2.24, 2.45) is 11.8 Å². The Balaban J connectivity index is 5.24. The third kappa shape index (κ3) is 76.1. The van der Waals surface area contributed by atoms with Crippen LogP contribution in [0.3, 0.4) is 0 Å². The van der Waals surface area contributed by atoms with Crippen molar-refractivity contribution in [3.05, 3.63) is 0 Å². The molecule has 0 aliphatic carbocycles. The first-order valence-corrected chi connectivity index (χ1v) is 45.5. The van der Waals surface area contributed by atoms with Crippen molar-refractivity contribution in [3.8, 4) is 0 Å². The van der Waals surface area contributed by atoms with Crippen molar-refractivity contribution in [2.45, 2.75) is 452 Å². The lowest BCUT2D eigenvalue weighted by Gasteiger charge is -2.21. The second-order valence-electron chi connectivity index (χ2n) is 30.5. The minimum Gasteiger partial charge on any atom is -0.462 e. The van der Waals surface area contributed by atoms with Gasteiger partial charge in [0, 0.05) is 25.7 Å². The minimum atomic E-state index is -4.96. The summed E-state index contributed by atoms with van der Waals surface area (Å²) in [7, 11) is -9.92. The molecule has 0 saturated carbocycles. The largest absolute Gasteiger partial charge is 0.472 e. The van der Waals surface area contributed by atoms with E-state index in [0.717, 1.165) is 102 Å². The molecule has 0 radical (unpaired) electrons. The van der Waals surface area contributed by atoms with Crippen LogP contribution < -0.4 is 0 Å². The zero-order valence-corrected chi connectivity index (χ0v) is 68.0. The van der Waals surface area contributed by atoms with Crippen LogP contribution in [0, 0.1) is 11.8 Å². The van der Waals surface area contributed by atoms with Crippen molar-refractivity contribution in [2.75, 3.05) is 39.6 Å². The first-order chi connectivity index (χ1) is 48.9. The number of phosphoric acid groups is 2. The van der Waals surface area contributed by atoms with E-state index < -0.39 is 97.5 Å². The molecule has 0 heterocycles. The predicted octanol–water partition coefficient (Wildman–Crippen LogP) is 24.7. The molecule has 0 amide bonds. The summed E-state index contributed by atoms with van der Waals surface area (Å²) in [4.78, 5) is 73.1. The average Bonchev–Trinajstić information content (AvgIpc) is 0.928. The molecular formula is C82H160O17P2. The Hall–Kier alpha value is -1.94. The first-order valence-electron chi connectivity index (χ1n) is 42.5. The van der Waals surface area contributed by atoms with Crippen molar-refractivity contribution < 1.29 is 80.2 Å². The Morgan fingerprint density at radius 3 is 0.673 bits per heavy atom. The maximum atomic E-state index is 13.1. The first kappa shape index (κ1) is 99.1. The van der Waals surface area contributed by atoms with E-state index in [4.69, 9.17) is 37.0 Å². The quantitative estimate of drug-likeness (QED) is 0.0222. The Bertz CT molecular complexity index is 1940. The molecule has 0 fully saturated rings. The number of esters is 4. The highest BCUT2D eigenvalue weighted by molar-refractivity contribution is 7.47. The van der Waals surface area contributed by atoms with Crippen LogP contribution in [0.25, 0.3) is 0 Å². The van der Waals surface area contributed by atoms with Crippen molar-refractivity contribution >= 4 is 39.5 Å². The smallest absolute Gasteiger partial charge is 0.462 e. The number of hydrogen-bond acceptors (Lipinski definition) is 15. The van der Waals surface area contributed by atoms with E-state index in [1.54, 1.807) is 0 Å². The summed E-state index contributed by atoms with van der Waals surface area (Å²) in [5.74, 6) is -0.556. The van der Waals surface area contributed by atoms with E-state index in [1.165, 1.54) is 250 Å². The number of phosphoric ester groups is 2. The summed E-state index contributed by atoms with van der Waals surface area (Å²) in [6.45, 7) is 9.65. The van der Waals surface area contributed by atoms with Gasteiger partial charge in [0.15, 0.2) is 12.2 Å². The van der Waals surface area contributed by atoms with Gasteiger partial charge in [0.2, 0.25) is 0 Å². The molecule has 2 unspecified atom stereocenters. The number of carbonyl (C=O) groups is 4. The third-order valence-corrected chi connectivity index (χ3v) is 21.1. The summed E-state index contributed by atoms with van der Waals surface area (Å²) in [5.41, 5.74) is 0. The van der Waals surface area contributed by atoms with E-state index in [0.29, 0.717) is 25.7 Å². The van der Waals surface area contributed by atoms with Crippen LogP contribution in [0.4, 0.5) is 0 Å². The molecule has 0 aliphatic rings.